The van der Waals surface area contributed by atoms with Crippen molar-refractivity contribution in [1.29, 1.82) is 0 Å². The first-order valence-electron chi connectivity index (χ1n) is 7.05. The number of nitrogens with one attached hydrogen (secondary N) is 2. The van der Waals surface area contributed by atoms with Gasteiger partial charge in [0.2, 0.25) is 0 Å². The van der Waals surface area contributed by atoms with E-state index >= 15 is 0 Å². The third-order valence-corrected chi connectivity index (χ3v) is 3.68. The Balaban J connectivity index is 2.06. The van der Waals surface area contributed by atoms with E-state index in [1.807, 2.05) is 12.1 Å². The van der Waals surface area contributed by atoms with Crippen LogP contribution >= 0.6 is 15.9 Å². The number of para-hydroxylation sites is 1. The molecule has 0 fully saturated rings. The summed E-state index contributed by atoms with van der Waals surface area (Å²) in [6.45, 7) is 1.65. The first kappa shape index (κ1) is 17.0. The highest BCUT2D eigenvalue weighted by Crippen LogP contribution is 2.19. The van der Waals surface area contributed by atoms with E-state index in [0.717, 1.165) is 4.47 Å². The summed E-state index contributed by atoms with van der Waals surface area (Å²) in [5.74, 6) is 0.00193. The van der Waals surface area contributed by atoms with Gasteiger partial charge in [0.25, 0.3) is 11.8 Å². The van der Waals surface area contributed by atoms with Crippen molar-refractivity contribution < 1.29 is 14.3 Å². The average molecular weight is 377 g/mol. The fourth-order valence-electron chi connectivity index (χ4n) is 1.93. The fraction of sp³-hybridized carbons (Fsp3) is 0.176. The minimum Gasteiger partial charge on any atom is -0.481 e. The van der Waals surface area contributed by atoms with Crippen molar-refractivity contribution in [2.45, 2.75) is 13.0 Å². The fourth-order valence-corrected chi connectivity index (χ4v) is 2.19. The Bertz CT molecular complexity index is 701. The van der Waals surface area contributed by atoms with E-state index in [2.05, 4.69) is 26.6 Å². The molecule has 23 heavy (non-hydrogen) atoms. The van der Waals surface area contributed by atoms with Gasteiger partial charge in [-0.15, -0.1) is 0 Å². The summed E-state index contributed by atoms with van der Waals surface area (Å²) < 4.78 is 6.53. The van der Waals surface area contributed by atoms with Crippen LogP contribution in [-0.4, -0.2) is 25.0 Å². The number of amides is 2. The Morgan fingerprint density at radius 3 is 2.39 bits per heavy atom. The molecule has 0 heterocycles. The van der Waals surface area contributed by atoms with Crippen molar-refractivity contribution in [2.24, 2.45) is 0 Å². The lowest BCUT2D eigenvalue weighted by molar-refractivity contribution is -0.122. The summed E-state index contributed by atoms with van der Waals surface area (Å²) >= 11 is 3.34. The van der Waals surface area contributed by atoms with Crippen LogP contribution in [0.15, 0.2) is 53.0 Å². The number of benzene rings is 2. The number of carbonyl (C=O) groups is 2. The molecule has 0 aliphatic carbocycles. The van der Waals surface area contributed by atoms with Gasteiger partial charge < -0.3 is 15.4 Å². The van der Waals surface area contributed by atoms with E-state index < -0.39 is 6.10 Å². The van der Waals surface area contributed by atoms with Gasteiger partial charge in [0.1, 0.15) is 5.75 Å². The summed E-state index contributed by atoms with van der Waals surface area (Å²) in [5, 5.41) is 5.27. The molecule has 0 radical (unpaired) electrons. The van der Waals surface area contributed by atoms with E-state index in [1.54, 1.807) is 50.4 Å². The van der Waals surface area contributed by atoms with Gasteiger partial charge in [-0.3, -0.25) is 9.59 Å². The van der Waals surface area contributed by atoms with Crippen LogP contribution in [-0.2, 0) is 4.79 Å². The van der Waals surface area contributed by atoms with Gasteiger partial charge in [0.15, 0.2) is 6.10 Å². The molecule has 2 aromatic rings. The molecular formula is C17H17BrN2O3. The monoisotopic (exact) mass is 376 g/mol. The molecule has 0 saturated carbocycles. The predicted molar refractivity (Wildman–Crippen MR) is 92.7 cm³/mol. The summed E-state index contributed by atoms with van der Waals surface area (Å²) in [4.78, 5) is 24.1. The molecule has 1 unspecified atom stereocenters. The van der Waals surface area contributed by atoms with Crippen LogP contribution in [0.2, 0.25) is 0 Å². The van der Waals surface area contributed by atoms with E-state index in [1.165, 1.54) is 0 Å². The van der Waals surface area contributed by atoms with Crippen molar-refractivity contribution in [2.75, 3.05) is 12.4 Å². The molecular weight excluding hydrogens is 360 g/mol. The van der Waals surface area contributed by atoms with Crippen LogP contribution in [0.4, 0.5) is 5.69 Å². The molecule has 6 heteroatoms. The molecule has 2 amide bonds. The van der Waals surface area contributed by atoms with Crippen LogP contribution in [0.5, 0.6) is 5.75 Å². The molecule has 0 bridgehead atoms. The minimum absolute atomic E-state index is 0.262. The van der Waals surface area contributed by atoms with E-state index in [4.69, 9.17) is 4.74 Å². The number of halogens is 1. The molecule has 5 nitrogen and oxygen atoms in total. The summed E-state index contributed by atoms with van der Waals surface area (Å²) in [6.07, 6.45) is -0.700. The normalized spacial score (nSPS) is 11.4. The number of carbonyl (C=O) groups excluding carboxylic acids is 2. The SMILES string of the molecule is CNC(=O)c1ccccc1NC(=O)C(C)Oc1ccc(Br)cc1. The Morgan fingerprint density at radius 2 is 1.74 bits per heavy atom. The molecule has 2 N–H and O–H groups in total. The second-order valence-corrected chi connectivity index (χ2v) is 5.74. The van der Waals surface area contributed by atoms with Crippen LogP contribution in [0.3, 0.4) is 0 Å². The molecule has 0 aromatic heterocycles. The summed E-state index contributed by atoms with van der Waals surface area (Å²) in [5.41, 5.74) is 0.849. The molecule has 2 rings (SSSR count). The first-order chi connectivity index (χ1) is 11.0. The second-order valence-electron chi connectivity index (χ2n) is 4.83. The molecule has 0 aliphatic rings. The zero-order valence-electron chi connectivity index (χ0n) is 12.8. The maximum Gasteiger partial charge on any atom is 0.265 e. The number of hydrogen-bond donors (Lipinski definition) is 2. The Hall–Kier alpha value is -2.34. The number of hydrogen-bond acceptors (Lipinski definition) is 3. The predicted octanol–water partition coefficient (Wildman–Crippen LogP) is 3.21. The van der Waals surface area contributed by atoms with Crippen molar-refractivity contribution in [3.8, 4) is 5.75 Å². The van der Waals surface area contributed by atoms with Gasteiger partial charge in [-0.2, -0.15) is 0 Å². The molecule has 2 aromatic carbocycles. The number of anilines is 1. The Kier molecular flexibility index (Phi) is 5.76. The average Bonchev–Trinajstić information content (AvgIpc) is 2.56. The highest BCUT2D eigenvalue weighted by molar-refractivity contribution is 9.10. The quantitative estimate of drug-likeness (QED) is 0.841. The standard InChI is InChI=1S/C17H17BrN2O3/c1-11(23-13-9-7-12(18)8-10-13)16(21)20-15-6-4-3-5-14(15)17(22)19-2/h3-11H,1-2H3,(H,19,22)(H,20,21). The molecule has 1 atom stereocenters. The van der Waals surface area contributed by atoms with Gasteiger partial charge >= 0.3 is 0 Å². The zero-order chi connectivity index (χ0) is 16.8. The number of ether oxygens (including phenoxy) is 1. The lowest BCUT2D eigenvalue weighted by Gasteiger charge is -2.16. The summed E-state index contributed by atoms with van der Waals surface area (Å²) in [7, 11) is 1.54. The van der Waals surface area contributed by atoms with Crippen LogP contribution in [0, 0.1) is 0 Å². The van der Waals surface area contributed by atoms with Gasteiger partial charge in [-0.25, -0.2) is 0 Å². The second kappa shape index (κ2) is 7.78. The van der Waals surface area contributed by atoms with Crippen LogP contribution < -0.4 is 15.4 Å². The van der Waals surface area contributed by atoms with Crippen LogP contribution in [0.25, 0.3) is 0 Å². The van der Waals surface area contributed by atoms with Crippen molar-refractivity contribution >= 4 is 33.4 Å². The van der Waals surface area contributed by atoms with E-state index in [0.29, 0.717) is 17.0 Å². The van der Waals surface area contributed by atoms with Crippen molar-refractivity contribution in [3.05, 3.63) is 58.6 Å². The van der Waals surface area contributed by atoms with Gasteiger partial charge in [-0.05, 0) is 43.3 Å². The molecule has 0 saturated heterocycles. The first-order valence-corrected chi connectivity index (χ1v) is 7.84. The van der Waals surface area contributed by atoms with Gasteiger partial charge in [0, 0.05) is 11.5 Å². The highest BCUT2D eigenvalue weighted by Gasteiger charge is 2.17. The third kappa shape index (κ3) is 4.56. The van der Waals surface area contributed by atoms with Crippen molar-refractivity contribution in [1.82, 2.24) is 5.32 Å². The smallest absolute Gasteiger partial charge is 0.265 e. The maximum absolute atomic E-state index is 12.3. The Labute approximate surface area is 143 Å². The zero-order valence-corrected chi connectivity index (χ0v) is 14.4. The lowest BCUT2D eigenvalue weighted by Crippen LogP contribution is -2.31. The summed E-state index contributed by atoms with van der Waals surface area (Å²) in [6, 6.07) is 14.0. The topological polar surface area (TPSA) is 67.4 Å². The van der Waals surface area contributed by atoms with Crippen LogP contribution in [0.1, 0.15) is 17.3 Å². The molecule has 0 aliphatic heterocycles. The maximum atomic E-state index is 12.3. The van der Waals surface area contributed by atoms with Crippen molar-refractivity contribution in [3.63, 3.8) is 0 Å². The molecule has 120 valence electrons. The number of rotatable bonds is 5. The Morgan fingerprint density at radius 1 is 1.09 bits per heavy atom. The highest BCUT2D eigenvalue weighted by atomic mass is 79.9. The minimum atomic E-state index is -0.700. The van der Waals surface area contributed by atoms with Gasteiger partial charge in [0.05, 0.1) is 11.3 Å². The lowest BCUT2D eigenvalue weighted by atomic mass is 10.1. The van der Waals surface area contributed by atoms with E-state index in [-0.39, 0.29) is 11.8 Å². The largest absolute Gasteiger partial charge is 0.481 e. The molecule has 0 spiro atoms. The van der Waals surface area contributed by atoms with E-state index in [9.17, 15) is 9.59 Å². The third-order valence-electron chi connectivity index (χ3n) is 3.15. The van der Waals surface area contributed by atoms with Gasteiger partial charge in [-0.1, -0.05) is 28.1 Å².